The molecule has 0 aliphatic heterocycles. The molecule has 0 bridgehead atoms. The number of alkyl halides is 5. The van der Waals surface area contributed by atoms with E-state index in [1.807, 2.05) is 0 Å². The largest absolute Gasteiger partial charge is 0.338 e. The van der Waals surface area contributed by atoms with E-state index in [2.05, 4.69) is 0 Å². The van der Waals surface area contributed by atoms with Crippen LogP contribution in [0.2, 0.25) is 0 Å². The lowest BCUT2D eigenvalue weighted by Crippen LogP contribution is -2.53. The number of rotatable bonds is 1. The van der Waals surface area contributed by atoms with Crippen molar-refractivity contribution in [3.05, 3.63) is 11.1 Å². The molecule has 0 unspecified atom stereocenters. The van der Waals surface area contributed by atoms with Crippen LogP contribution in [0.1, 0.15) is 6.92 Å². The molecule has 0 saturated heterocycles. The van der Waals surface area contributed by atoms with E-state index in [0.717, 1.165) is 6.92 Å². The van der Waals surface area contributed by atoms with Gasteiger partial charge in [-0.05, 0) is 6.92 Å². The molecule has 1 aliphatic carbocycles. The average Bonchev–Trinajstić information content (AvgIpc) is 1.88. The molecule has 11 heavy (non-hydrogen) atoms. The Morgan fingerprint density at radius 1 is 1.09 bits per heavy atom. The Morgan fingerprint density at radius 2 is 1.55 bits per heavy atom. The summed E-state index contributed by atoms with van der Waals surface area (Å²) >= 11 is 0. The average molecular weight is 172 g/mol. The molecule has 0 radical (unpaired) electrons. The zero-order chi connectivity index (χ0) is 8.86. The minimum absolute atomic E-state index is 0.812. The maximum atomic E-state index is 12.2. The van der Waals surface area contributed by atoms with Crippen LogP contribution in [0.15, 0.2) is 11.1 Å². The molecule has 0 spiro atoms. The molecule has 64 valence electrons. The van der Waals surface area contributed by atoms with Crippen molar-refractivity contribution in [1.82, 2.24) is 0 Å². The van der Waals surface area contributed by atoms with Crippen molar-refractivity contribution in [2.75, 3.05) is 6.67 Å². The summed E-state index contributed by atoms with van der Waals surface area (Å²) in [5, 5.41) is 0. The summed E-state index contributed by atoms with van der Waals surface area (Å²) in [7, 11) is 0. The smallest absolute Gasteiger partial charge is 0.246 e. The first-order valence-electron chi connectivity index (χ1n) is 2.88. The van der Waals surface area contributed by atoms with Crippen LogP contribution in [0.25, 0.3) is 0 Å². The summed E-state index contributed by atoms with van der Waals surface area (Å²) < 4.78 is 60.4. The Balaban J connectivity index is 3.07. The van der Waals surface area contributed by atoms with Crippen LogP contribution in [0.5, 0.6) is 0 Å². The van der Waals surface area contributed by atoms with Gasteiger partial charge in [0.25, 0.3) is 0 Å². The number of hydrogen-bond acceptors (Lipinski definition) is 0. The number of halogens is 5. The van der Waals surface area contributed by atoms with E-state index < -0.39 is 29.7 Å². The quantitative estimate of drug-likeness (QED) is 0.421. The topological polar surface area (TPSA) is 0 Å². The highest BCUT2D eigenvalue weighted by atomic mass is 19.3. The van der Waals surface area contributed by atoms with E-state index >= 15 is 0 Å². The first kappa shape index (κ1) is 8.49. The Labute approximate surface area is 59.7 Å². The molecule has 0 N–H and O–H groups in total. The Bertz CT molecular complexity index is 215. The predicted octanol–water partition coefficient (Wildman–Crippen LogP) is 2.56. The van der Waals surface area contributed by atoms with Gasteiger partial charge in [0, 0.05) is 11.1 Å². The predicted molar refractivity (Wildman–Crippen MR) is 28.6 cm³/mol. The number of hydrogen-bond donors (Lipinski definition) is 0. The lowest BCUT2D eigenvalue weighted by atomic mass is 9.82. The molecule has 1 aliphatic rings. The van der Waals surface area contributed by atoms with Crippen LogP contribution >= 0.6 is 0 Å². The molecule has 0 aromatic rings. The maximum Gasteiger partial charge on any atom is 0.338 e. The van der Waals surface area contributed by atoms with Gasteiger partial charge < -0.3 is 0 Å². The van der Waals surface area contributed by atoms with Crippen LogP contribution < -0.4 is 0 Å². The van der Waals surface area contributed by atoms with Gasteiger partial charge in [0.1, 0.15) is 6.67 Å². The Hall–Kier alpha value is -0.610. The van der Waals surface area contributed by atoms with Gasteiger partial charge in [0.15, 0.2) is 0 Å². The molecule has 0 fully saturated rings. The van der Waals surface area contributed by atoms with Crippen LogP contribution in [0.4, 0.5) is 22.0 Å². The fourth-order valence-corrected chi connectivity index (χ4v) is 0.972. The van der Waals surface area contributed by atoms with Crippen molar-refractivity contribution in [2.45, 2.75) is 18.8 Å². The van der Waals surface area contributed by atoms with E-state index in [1.54, 1.807) is 0 Å². The Kier molecular flexibility index (Phi) is 1.51. The molecule has 0 aromatic heterocycles. The second-order valence-corrected chi connectivity index (χ2v) is 2.39. The molecule has 0 saturated carbocycles. The van der Waals surface area contributed by atoms with Crippen molar-refractivity contribution in [3.63, 3.8) is 0 Å². The van der Waals surface area contributed by atoms with Crippen molar-refractivity contribution in [2.24, 2.45) is 0 Å². The third-order valence-electron chi connectivity index (χ3n) is 1.83. The zero-order valence-corrected chi connectivity index (χ0v) is 5.60. The van der Waals surface area contributed by atoms with Crippen molar-refractivity contribution in [1.29, 1.82) is 0 Å². The first-order valence-corrected chi connectivity index (χ1v) is 2.88. The molecule has 0 aromatic carbocycles. The van der Waals surface area contributed by atoms with Crippen molar-refractivity contribution >= 4 is 0 Å². The van der Waals surface area contributed by atoms with E-state index in [1.165, 1.54) is 0 Å². The number of allylic oxidation sites excluding steroid dienone is 2. The summed E-state index contributed by atoms with van der Waals surface area (Å²) in [5.41, 5.74) is -1.92. The van der Waals surface area contributed by atoms with Gasteiger partial charge in [-0.25, -0.2) is 4.39 Å². The summed E-state index contributed by atoms with van der Waals surface area (Å²) in [6, 6.07) is 0. The second kappa shape index (κ2) is 1.95. The molecule has 5 heteroatoms. The summed E-state index contributed by atoms with van der Waals surface area (Å²) in [4.78, 5) is 0. The molecule has 0 heterocycles. The van der Waals surface area contributed by atoms with Crippen molar-refractivity contribution in [3.8, 4) is 0 Å². The monoisotopic (exact) mass is 172 g/mol. The molecule has 1 rings (SSSR count). The second-order valence-electron chi connectivity index (χ2n) is 2.39. The van der Waals surface area contributed by atoms with E-state index in [-0.39, 0.29) is 0 Å². The van der Waals surface area contributed by atoms with E-state index in [9.17, 15) is 22.0 Å². The van der Waals surface area contributed by atoms with Crippen LogP contribution in [0.3, 0.4) is 0 Å². The highest BCUT2D eigenvalue weighted by Crippen LogP contribution is 2.55. The lowest BCUT2D eigenvalue weighted by molar-refractivity contribution is -0.192. The van der Waals surface area contributed by atoms with E-state index in [4.69, 9.17) is 0 Å². The fourth-order valence-electron chi connectivity index (χ4n) is 0.972. The summed E-state index contributed by atoms with van der Waals surface area (Å²) in [6.07, 6.45) is 0. The minimum atomic E-state index is -4.27. The van der Waals surface area contributed by atoms with Gasteiger partial charge in [0.05, 0.1) is 0 Å². The fraction of sp³-hybridized carbons (Fsp3) is 0.667. The highest BCUT2D eigenvalue weighted by molar-refractivity contribution is 5.42. The molecule has 0 amide bonds. The molecule has 0 atom stereocenters. The SMILES string of the molecule is CC1=C(CF)C(F)(F)C1(F)F. The van der Waals surface area contributed by atoms with Gasteiger partial charge in [-0.1, -0.05) is 0 Å². The minimum Gasteiger partial charge on any atom is -0.246 e. The Morgan fingerprint density at radius 3 is 1.73 bits per heavy atom. The molecule has 0 nitrogen and oxygen atoms in total. The third-order valence-corrected chi connectivity index (χ3v) is 1.83. The standard InChI is InChI=1S/C6H5F5/c1-3-4(2-7)6(10,11)5(3,8)9/h2H2,1H3. The molecular weight excluding hydrogens is 167 g/mol. The highest BCUT2D eigenvalue weighted by Gasteiger charge is 2.69. The lowest BCUT2D eigenvalue weighted by Gasteiger charge is -2.38. The van der Waals surface area contributed by atoms with Gasteiger partial charge >= 0.3 is 11.8 Å². The summed E-state index contributed by atoms with van der Waals surface area (Å²) in [5.74, 6) is -8.42. The van der Waals surface area contributed by atoms with E-state index in [0.29, 0.717) is 0 Å². The van der Waals surface area contributed by atoms with Gasteiger partial charge in [-0.3, -0.25) is 0 Å². The molecular formula is C6H5F5. The normalized spacial score (nSPS) is 26.7. The van der Waals surface area contributed by atoms with Crippen LogP contribution in [-0.2, 0) is 0 Å². The van der Waals surface area contributed by atoms with Crippen LogP contribution in [0, 0.1) is 0 Å². The van der Waals surface area contributed by atoms with Crippen molar-refractivity contribution < 1.29 is 22.0 Å². The van der Waals surface area contributed by atoms with Gasteiger partial charge in [0.2, 0.25) is 0 Å². The zero-order valence-electron chi connectivity index (χ0n) is 5.60. The maximum absolute atomic E-state index is 12.2. The first-order chi connectivity index (χ1) is 4.85. The third kappa shape index (κ3) is 0.736. The van der Waals surface area contributed by atoms with Gasteiger partial charge in [-0.2, -0.15) is 17.6 Å². The summed E-state index contributed by atoms with van der Waals surface area (Å²) in [6.45, 7) is -0.694. The van der Waals surface area contributed by atoms with Gasteiger partial charge in [-0.15, -0.1) is 0 Å². The van der Waals surface area contributed by atoms with Crippen LogP contribution in [-0.4, -0.2) is 18.5 Å².